The molecule has 66 valence electrons. The van der Waals surface area contributed by atoms with E-state index in [-0.39, 0.29) is 56.8 Å². The Balaban J connectivity index is 0. The number of rotatable bonds is 2. The van der Waals surface area contributed by atoms with Crippen molar-refractivity contribution in [2.45, 2.75) is 27.2 Å². The van der Waals surface area contributed by atoms with Crippen molar-refractivity contribution in [2.24, 2.45) is 5.41 Å². The van der Waals surface area contributed by atoms with Crippen molar-refractivity contribution in [3.8, 4) is 0 Å². The summed E-state index contributed by atoms with van der Waals surface area (Å²) in [6, 6.07) is 0. The van der Waals surface area contributed by atoms with Crippen LogP contribution in [0.25, 0.3) is 0 Å². The van der Waals surface area contributed by atoms with Gasteiger partial charge in [0.15, 0.2) is 0 Å². The van der Waals surface area contributed by atoms with Crippen LogP contribution in [0.4, 0.5) is 12.9 Å². The van der Waals surface area contributed by atoms with Crippen LogP contribution in [-0.2, 0) is 0 Å². The number of allylic oxidation sites excluding steroid dienone is 1. The topological polar surface area (TPSA) is 0 Å². The third-order valence-corrected chi connectivity index (χ3v) is 1.08. The molecular formula is C7H13BF3K. The molecule has 0 spiro atoms. The van der Waals surface area contributed by atoms with E-state index in [0.29, 0.717) is 12.4 Å². The number of hydrogen-bond donors (Lipinski definition) is 0. The van der Waals surface area contributed by atoms with E-state index in [1.807, 2.05) is 20.8 Å². The molecule has 0 amide bonds. The number of hydrogen-bond acceptors (Lipinski definition) is 0. The normalized spacial score (nSPS) is 13.2. The first-order chi connectivity index (χ1) is 4.71. The van der Waals surface area contributed by atoms with Crippen LogP contribution < -0.4 is 51.4 Å². The molecular weight excluding hydrogens is 191 g/mol. The minimum absolute atomic E-state index is 0. The van der Waals surface area contributed by atoms with Crippen molar-refractivity contribution in [2.75, 3.05) is 0 Å². The zero-order valence-electron chi connectivity index (χ0n) is 8.07. The van der Waals surface area contributed by atoms with Crippen molar-refractivity contribution < 1.29 is 64.3 Å². The summed E-state index contributed by atoms with van der Waals surface area (Å²) in [5.74, 6) is 0.352. The smallest absolute Gasteiger partial charge is 0.445 e. The van der Waals surface area contributed by atoms with Gasteiger partial charge in [-0.25, -0.2) is 0 Å². The average Bonchev–Trinajstić information content (AvgIpc) is 1.55. The van der Waals surface area contributed by atoms with Crippen LogP contribution in [0.5, 0.6) is 0 Å². The quantitative estimate of drug-likeness (QED) is 0.570. The first-order valence-corrected chi connectivity index (χ1v) is 3.58. The Kier molecular flexibility index (Phi) is 7.66. The Morgan fingerprint density at radius 1 is 1.17 bits per heavy atom. The number of halogens is 3. The summed E-state index contributed by atoms with van der Waals surface area (Å²) in [4.78, 5) is 0. The second kappa shape index (κ2) is 5.86. The van der Waals surface area contributed by atoms with Gasteiger partial charge in [0.2, 0.25) is 0 Å². The second-order valence-corrected chi connectivity index (χ2v) is 3.82. The molecule has 0 atom stereocenters. The first kappa shape index (κ1) is 15.7. The summed E-state index contributed by atoms with van der Waals surface area (Å²) in [5, 5.41) is 0. The minimum atomic E-state index is -4.74. The first-order valence-electron chi connectivity index (χ1n) is 3.58. The van der Waals surface area contributed by atoms with Crippen molar-refractivity contribution in [3.63, 3.8) is 0 Å². The summed E-state index contributed by atoms with van der Waals surface area (Å²) < 4.78 is 34.8. The van der Waals surface area contributed by atoms with E-state index in [2.05, 4.69) is 0 Å². The van der Waals surface area contributed by atoms with Crippen LogP contribution in [0.15, 0.2) is 12.1 Å². The van der Waals surface area contributed by atoms with Gasteiger partial charge in [-0.2, -0.15) is 0 Å². The molecule has 0 N–H and O–H groups in total. The summed E-state index contributed by atoms with van der Waals surface area (Å²) in [7, 11) is 0. The monoisotopic (exact) mass is 204 g/mol. The molecule has 0 radical (unpaired) electrons. The third kappa shape index (κ3) is 13.8. The zero-order valence-corrected chi connectivity index (χ0v) is 11.2. The van der Waals surface area contributed by atoms with Crippen LogP contribution in [-0.4, -0.2) is 6.98 Å². The van der Waals surface area contributed by atoms with E-state index in [9.17, 15) is 12.9 Å². The van der Waals surface area contributed by atoms with Gasteiger partial charge in [0.25, 0.3) is 0 Å². The molecule has 0 nitrogen and oxygen atoms in total. The van der Waals surface area contributed by atoms with Gasteiger partial charge in [-0.05, 0) is 11.8 Å². The fourth-order valence-electron chi connectivity index (χ4n) is 0.576. The van der Waals surface area contributed by atoms with Crippen molar-refractivity contribution >= 4 is 6.98 Å². The van der Waals surface area contributed by atoms with Crippen LogP contribution >= 0.6 is 0 Å². The van der Waals surface area contributed by atoms with E-state index < -0.39 is 6.98 Å². The zero-order chi connectivity index (χ0) is 9.12. The SMILES string of the molecule is CC(C)(C)C/C=C/[B-](F)(F)F.[K+]. The maximum Gasteiger partial charge on any atom is 1.00 e. The molecule has 0 unspecified atom stereocenters. The Hall–Kier alpha value is 1.23. The molecule has 0 rings (SSSR count). The average molecular weight is 204 g/mol. The van der Waals surface area contributed by atoms with Crippen LogP contribution in [0, 0.1) is 5.41 Å². The van der Waals surface area contributed by atoms with Crippen LogP contribution in [0.1, 0.15) is 27.2 Å². The predicted octanol–water partition coefficient (Wildman–Crippen LogP) is 0.369. The molecule has 0 aliphatic rings. The minimum Gasteiger partial charge on any atom is -0.445 e. The van der Waals surface area contributed by atoms with E-state index in [0.717, 1.165) is 0 Å². The van der Waals surface area contributed by atoms with Crippen LogP contribution in [0.3, 0.4) is 0 Å². The summed E-state index contributed by atoms with van der Waals surface area (Å²) >= 11 is 0. The standard InChI is InChI=1S/C7H13BF3.K/c1-7(2,3)5-4-6-8(9,10)11;/h4,6H,5H2,1-3H3;/q-1;+1/b6-4+;. The maximum absolute atomic E-state index is 11.6. The fraction of sp³-hybridized carbons (Fsp3) is 0.714. The van der Waals surface area contributed by atoms with E-state index in [1.165, 1.54) is 6.08 Å². The van der Waals surface area contributed by atoms with Gasteiger partial charge < -0.3 is 12.9 Å². The van der Waals surface area contributed by atoms with Gasteiger partial charge in [-0.15, -0.1) is 12.1 Å². The molecule has 0 aromatic heterocycles. The van der Waals surface area contributed by atoms with E-state index in [4.69, 9.17) is 0 Å². The molecule has 0 aromatic carbocycles. The molecule has 0 saturated heterocycles. The summed E-state index contributed by atoms with van der Waals surface area (Å²) in [5.41, 5.74) is -0.0577. The third-order valence-electron chi connectivity index (χ3n) is 1.08. The summed E-state index contributed by atoms with van der Waals surface area (Å²) in [6.07, 6.45) is 1.66. The van der Waals surface area contributed by atoms with Gasteiger partial charge in [-0.3, -0.25) is 0 Å². The van der Waals surface area contributed by atoms with E-state index in [1.54, 1.807) is 0 Å². The van der Waals surface area contributed by atoms with Gasteiger partial charge in [0.1, 0.15) is 0 Å². The molecule has 12 heavy (non-hydrogen) atoms. The van der Waals surface area contributed by atoms with Crippen molar-refractivity contribution in [1.29, 1.82) is 0 Å². The van der Waals surface area contributed by atoms with Crippen molar-refractivity contribution in [3.05, 3.63) is 12.1 Å². The summed E-state index contributed by atoms with van der Waals surface area (Å²) in [6.45, 7) is 0.975. The molecule has 0 aliphatic heterocycles. The fourth-order valence-corrected chi connectivity index (χ4v) is 0.576. The molecule has 0 aliphatic carbocycles. The predicted molar refractivity (Wildman–Crippen MR) is 42.3 cm³/mol. The Morgan fingerprint density at radius 3 is 1.83 bits per heavy atom. The maximum atomic E-state index is 11.6. The molecule has 0 aromatic rings. The Morgan fingerprint density at radius 2 is 1.58 bits per heavy atom. The molecule has 0 fully saturated rings. The van der Waals surface area contributed by atoms with Gasteiger partial charge >= 0.3 is 58.4 Å². The van der Waals surface area contributed by atoms with Gasteiger partial charge in [-0.1, -0.05) is 20.8 Å². The molecule has 0 bridgehead atoms. The van der Waals surface area contributed by atoms with Gasteiger partial charge in [0.05, 0.1) is 0 Å². The molecule has 0 saturated carbocycles. The van der Waals surface area contributed by atoms with Crippen molar-refractivity contribution in [1.82, 2.24) is 0 Å². The largest absolute Gasteiger partial charge is 1.00 e. The second-order valence-electron chi connectivity index (χ2n) is 3.82. The van der Waals surface area contributed by atoms with Gasteiger partial charge in [0, 0.05) is 0 Å². The Bertz CT molecular complexity index is 146. The van der Waals surface area contributed by atoms with E-state index >= 15 is 0 Å². The van der Waals surface area contributed by atoms with Crippen LogP contribution in [0.2, 0.25) is 0 Å². The Labute approximate surface area is 114 Å². The molecule has 0 heterocycles. The molecule has 5 heteroatoms.